The lowest BCUT2D eigenvalue weighted by Gasteiger charge is -2.44. The lowest BCUT2D eigenvalue weighted by atomic mass is 9.70. The van der Waals surface area contributed by atoms with E-state index in [0.29, 0.717) is 5.47 Å². The molecule has 2 unspecified atom stereocenters. The SMILES string of the molecule is [2H]C([2H])(O[Si](C)(C)C(C)(C)C)C12C=CC(C([2H])([2H])O[Si](C)(C)C(C)(C)C)(CC(B3OC(C)(C)C(C)(C)O3)=C1)O2. The summed E-state index contributed by atoms with van der Waals surface area (Å²) in [7, 11) is -5.98. The van der Waals surface area contributed by atoms with E-state index in [-0.39, 0.29) is 16.5 Å². The monoisotopic (exact) mass is 526 g/mol. The first-order valence-electron chi connectivity index (χ1n) is 14.8. The van der Waals surface area contributed by atoms with E-state index in [1.807, 2.05) is 53.9 Å². The Balaban J connectivity index is 2.14. The maximum Gasteiger partial charge on any atom is 0.490 e. The Morgan fingerprint density at radius 1 is 0.857 bits per heavy atom. The van der Waals surface area contributed by atoms with E-state index in [1.165, 1.54) is 0 Å². The highest BCUT2D eigenvalue weighted by Gasteiger charge is 2.57. The van der Waals surface area contributed by atoms with Crippen molar-refractivity contribution in [1.82, 2.24) is 0 Å². The molecule has 0 spiro atoms. The summed E-state index contributed by atoms with van der Waals surface area (Å²) in [5.41, 5.74) is -3.90. The second kappa shape index (κ2) is 8.65. The summed E-state index contributed by atoms with van der Waals surface area (Å²) in [6.45, 7) is 23.6. The van der Waals surface area contributed by atoms with Gasteiger partial charge in [0.05, 0.1) is 29.8 Å². The molecule has 2 bridgehead atoms. The highest BCUT2D eigenvalue weighted by Crippen LogP contribution is 2.49. The Bertz CT molecular complexity index is 1030. The van der Waals surface area contributed by atoms with Crippen LogP contribution in [0.15, 0.2) is 23.7 Å². The molecule has 0 aliphatic carbocycles. The third-order valence-corrected chi connectivity index (χ3v) is 17.4. The normalized spacial score (nSPS) is 33.2. The van der Waals surface area contributed by atoms with Gasteiger partial charge in [-0.3, -0.25) is 0 Å². The molecule has 3 aliphatic rings. The molecule has 0 aromatic heterocycles. The van der Waals surface area contributed by atoms with E-state index >= 15 is 0 Å². The van der Waals surface area contributed by atoms with Crippen LogP contribution in [0.2, 0.25) is 36.3 Å². The van der Waals surface area contributed by atoms with Crippen molar-refractivity contribution in [3.05, 3.63) is 23.7 Å². The zero-order valence-electron chi connectivity index (χ0n) is 28.6. The molecule has 3 rings (SSSR count). The summed E-state index contributed by atoms with van der Waals surface area (Å²) in [6.07, 6.45) is 5.05. The van der Waals surface area contributed by atoms with Crippen molar-refractivity contribution in [1.29, 1.82) is 0 Å². The molecule has 200 valence electrons. The van der Waals surface area contributed by atoms with Crippen LogP contribution in [0.1, 0.15) is 81.1 Å². The van der Waals surface area contributed by atoms with Gasteiger partial charge in [-0.05, 0) is 75.5 Å². The molecule has 0 saturated carbocycles. The second-order valence-corrected chi connectivity index (χ2v) is 24.0. The highest BCUT2D eigenvalue weighted by molar-refractivity contribution is 6.74. The van der Waals surface area contributed by atoms with Crippen LogP contribution in [0.5, 0.6) is 0 Å². The van der Waals surface area contributed by atoms with E-state index < -0.39 is 59.3 Å². The van der Waals surface area contributed by atoms with Crippen molar-refractivity contribution >= 4 is 23.8 Å². The molecule has 2 atom stereocenters. The van der Waals surface area contributed by atoms with Crippen LogP contribution >= 0.6 is 0 Å². The summed E-state index contributed by atoms with van der Waals surface area (Å²) in [6, 6.07) is 0. The largest absolute Gasteiger partial charge is 0.490 e. The molecule has 0 N–H and O–H groups in total. The standard InChI is InChI=1S/C27H51BO5Si2/c1-22(2,3)34(11,12)29-19-26-15-16-27(31-26,20-30-35(13,14)23(4,5)6)18-21(17-26)28-32-24(7,8)25(9,10)33-28/h15-17H,18-20H2,1-14H3/i19D2,20D2. The van der Waals surface area contributed by atoms with Gasteiger partial charge in [-0.2, -0.15) is 0 Å². The van der Waals surface area contributed by atoms with E-state index in [0.717, 1.165) is 0 Å². The Kier molecular flexibility index (Phi) is 5.90. The average Bonchev–Trinajstić information content (AvgIpc) is 3.09. The summed E-state index contributed by atoms with van der Waals surface area (Å²) in [5.74, 6) is 0. The van der Waals surface area contributed by atoms with E-state index in [2.05, 4.69) is 41.5 Å². The topological polar surface area (TPSA) is 46.2 Å². The fourth-order valence-corrected chi connectivity index (χ4v) is 4.93. The average molecular weight is 527 g/mol. The minimum absolute atomic E-state index is 0.0971. The van der Waals surface area contributed by atoms with Crippen LogP contribution in [-0.4, -0.2) is 59.3 Å². The van der Waals surface area contributed by atoms with Crippen molar-refractivity contribution < 1.29 is 28.4 Å². The van der Waals surface area contributed by atoms with Gasteiger partial charge in [-0.15, -0.1) is 0 Å². The third-order valence-electron chi connectivity index (χ3n) is 8.93. The van der Waals surface area contributed by atoms with Crippen molar-refractivity contribution in [2.75, 3.05) is 13.1 Å². The number of ether oxygens (including phenoxy) is 1. The molecule has 3 heterocycles. The van der Waals surface area contributed by atoms with Gasteiger partial charge in [0.2, 0.25) is 0 Å². The van der Waals surface area contributed by atoms with Crippen LogP contribution in [0.25, 0.3) is 0 Å². The number of fused-ring (bicyclic) bond motifs is 2. The van der Waals surface area contributed by atoms with Crippen molar-refractivity contribution in [2.24, 2.45) is 0 Å². The number of rotatable bonds is 7. The van der Waals surface area contributed by atoms with Gasteiger partial charge in [0.1, 0.15) is 11.2 Å². The molecule has 0 aromatic carbocycles. The first kappa shape index (κ1) is 23.9. The maximum absolute atomic E-state index is 9.26. The predicted octanol–water partition coefficient (Wildman–Crippen LogP) is 7.06. The van der Waals surface area contributed by atoms with E-state index in [4.69, 9.17) is 22.9 Å². The van der Waals surface area contributed by atoms with Crippen LogP contribution in [-0.2, 0) is 22.9 Å². The fourth-order valence-electron chi connectivity index (χ4n) is 3.48. The smallest absolute Gasteiger partial charge is 0.414 e. The minimum Gasteiger partial charge on any atom is -0.414 e. The molecular weight excluding hydrogens is 471 g/mol. The van der Waals surface area contributed by atoms with Gasteiger partial charge < -0.3 is 22.9 Å². The molecule has 0 radical (unpaired) electrons. The van der Waals surface area contributed by atoms with E-state index in [9.17, 15) is 5.48 Å². The summed E-state index contributed by atoms with van der Waals surface area (Å²) in [4.78, 5) is 0. The molecule has 1 fully saturated rings. The minimum atomic E-state index is -2.60. The predicted molar refractivity (Wildman–Crippen MR) is 151 cm³/mol. The maximum atomic E-state index is 9.26. The molecule has 1 saturated heterocycles. The molecule has 8 heteroatoms. The van der Waals surface area contributed by atoms with Crippen molar-refractivity contribution in [2.45, 2.75) is 134 Å². The van der Waals surface area contributed by atoms with Crippen molar-refractivity contribution in [3.63, 3.8) is 0 Å². The van der Waals surface area contributed by atoms with Gasteiger partial charge in [0.15, 0.2) is 16.6 Å². The first-order chi connectivity index (χ1) is 17.0. The number of hydrogen-bond acceptors (Lipinski definition) is 5. The van der Waals surface area contributed by atoms with Gasteiger partial charge in [0, 0.05) is 6.42 Å². The van der Waals surface area contributed by atoms with Crippen LogP contribution < -0.4 is 0 Å². The van der Waals surface area contributed by atoms with Crippen LogP contribution in [0, 0.1) is 0 Å². The van der Waals surface area contributed by atoms with E-state index in [1.54, 1.807) is 18.2 Å². The van der Waals surface area contributed by atoms with Crippen LogP contribution in [0.4, 0.5) is 0 Å². The lowest BCUT2D eigenvalue weighted by Crippen LogP contribution is -2.52. The molecule has 3 aliphatic heterocycles. The Morgan fingerprint density at radius 2 is 1.31 bits per heavy atom. The van der Waals surface area contributed by atoms with Crippen molar-refractivity contribution in [3.8, 4) is 0 Å². The molecule has 35 heavy (non-hydrogen) atoms. The number of hydrogen-bond donors (Lipinski definition) is 0. The summed E-state index contributed by atoms with van der Waals surface area (Å²) < 4.78 is 69.1. The Labute approximate surface area is 223 Å². The van der Waals surface area contributed by atoms with Gasteiger partial charge >= 0.3 is 7.12 Å². The molecular formula is C27H51BO5Si2. The second-order valence-electron chi connectivity index (χ2n) is 14.5. The first-order valence-corrected chi connectivity index (χ1v) is 18.7. The lowest BCUT2D eigenvalue weighted by molar-refractivity contribution is -0.109. The molecule has 0 amide bonds. The molecule has 5 nitrogen and oxygen atoms in total. The fraction of sp³-hybridized carbons (Fsp3) is 0.852. The zero-order chi connectivity index (χ0) is 30.5. The summed E-state index contributed by atoms with van der Waals surface area (Å²) >= 11 is 0. The van der Waals surface area contributed by atoms with Gasteiger partial charge in [-0.25, -0.2) is 0 Å². The van der Waals surface area contributed by atoms with Gasteiger partial charge in [0.25, 0.3) is 0 Å². The van der Waals surface area contributed by atoms with Crippen LogP contribution in [0.3, 0.4) is 0 Å². The summed E-state index contributed by atoms with van der Waals surface area (Å²) in [5, 5.41) is -0.487. The Hall–Kier alpha value is -0.221. The highest BCUT2D eigenvalue weighted by atomic mass is 28.4. The molecule has 0 aromatic rings. The quantitative estimate of drug-likeness (QED) is 0.263. The van der Waals surface area contributed by atoms with Gasteiger partial charge in [-0.1, -0.05) is 53.7 Å². The third kappa shape index (κ3) is 5.64. The Morgan fingerprint density at radius 3 is 1.77 bits per heavy atom. The zero-order valence-corrected chi connectivity index (χ0v) is 26.6.